The highest BCUT2D eigenvalue weighted by Gasteiger charge is 2.30. The van der Waals surface area contributed by atoms with E-state index >= 15 is 0 Å². The van der Waals surface area contributed by atoms with Gasteiger partial charge in [-0.05, 0) is 46.2 Å². The molecule has 3 aromatic carbocycles. The number of nitrogens with one attached hydrogen (secondary N) is 1. The van der Waals surface area contributed by atoms with Crippen molar-refractivity contribution in [2.75, 3.05) is 19.7 Å². The van der Waals surface area contributed by atoms with Crippen molar-refractivity contribution in [3.63, 3.8) is 0 Å². The van der Waals surface area contributed by atoms with Gasteiger partial charge in [-0.3, -0.25) is 14.4 Å². The van der Waals surface area contributed by atoms with Crippen molar-refractivity contribution >= 4 is 16.7 Å². The lowest BCUT2D eigenvalue weighted by Gasteiger charge is -2.30. The number of hydrogen-bond acceptors (Lipinski definition) is 4. The number of nitrogens with zero attached hydrogens (tertiary/aromatic N) is 3. The summed E-state index contributed by atoms with van der Waals surface area (Å²) in [6.45, 7) is 3.58. The van der Waals surface area contributed by atoms with Crippen LogP contribution in [-0.2, 0) is 38.9 Å². The van der Waals surface area contributed by atoms with Crippen LogP contribution in [0.1, 0.15) is 38.4 Å². The van der Waals surface area contributed by atoms with Gasteiger partial charge >= 0.3 is 0 Å². The summed E-state index contributed by atoms with van der Waals surface area (Å²) in [7, 11) is 0. The van der Waals surface area contributed by atoms with Gasteiger partial charge in [0, 0.05) is 43.9 Å². The Kier molecular flexibility index (Phi) is 6.30. The summed E-state index contributed by atoms with van der Waals surface area (Å²) in [4.78, 5) is 15.9. The van der Waals surface area contributed by atoms with Crippen molar-refractivity contribution < 1.29 is 9.90 Å². The third-order valence-corrected chi connectivity index (χ3v) is 7.71. The van der Waals surface area contributed by atoms with E-state index in [-0.39, 0.29) is 12.5 Å². The minimum absolute atomic E-state index is 0.00916. The Morgan fingerprint density at radius 3 is 2.56 bits per heavy atom. The Labute approximate surface area is 211 Å². The molecule has 2 aliphatic rings. The molecule has 1 aliphatic carbocycles. The summed E-state index contributed by atoms with van der Waals surface area (Å²) in [5.74, 6) is 0.464. The van der Waals surface area contributed by atoms with Crippen LogP contribution in [0.15, 0.2) is 66.7 Å². The number of carbonyl (C=O) groups excluding carboxylic acids is 1. The molecule has 0 atom stereocenters. The Bertz CT molecular complexity index is 1380. The van der Waals surface area contributed by atoms with Crippen molar-refractivity contribution in [1.29, 1.82) is 0 Å². The number of amides is 1. The number of aromatic nitrogens is 2. The van der Waals surface area contributed by atoms with Crippen LogP contribution in [0.3, 0.4) is 0 Å². The van der Waals surface area contributed by atoms with Crippen molar-refractivity contribution in [1.82, 2.24) is 20.0 Å². The van der Waals surface area contributed by atoms with Gasteiger partial charge in [0.1, 0.15) is 0 Å². The maximum atomic E-state index is 13.4. The van der Waals surface area contributed by atoms with Crippen LogP contribution in [0.2, 0.25) is 0 Å². The molecular formula is C30H32N4O2. The molecule has 0 saturated heterocycles. The summed E-state index contributed by atoms with van der Waals surface area (Å²) in [5.41, 5.74) is 6.64. The van der Waals surface area contributed by atoms with E-state index < -0.39 is 0 Å². The number of fused-ring (bicyclic) bond motifs is 3. The van der Waals surface area contributed by atoms with Crippen molar-refractivity contribution in [3.8, 4) is 0 Å². The largest absolute Gasteiger partial charge is 0.394 e. The third kappa shape index (κ3) is 4.43. The smallest absolute Gasteiger partial charge is 0.272 e. The molecular weight excluding hydrogens is 448 g/mol. The normalized spacial score (nSPS) is 15.7. The molecule has 0 fully saturated rings. The van der Waals surface area contributed by atoms with Crippen LogP contribution in [0.4, 0.5) is 0 Å². The lowest BCUT2D eigenvalue weighted by molar-refractivity contribution is 0.0942. The van der Waals surface area contributed by atoms with E-state index in [0.717, 1.165) is 61.1 Å². The highest BCUT2D eigenvalue weighted by Crippen LogP contribution is 2.30. The Morgan fingerprint density at radius 1 is 1.00 bits per heavy atom. The summed E-state index contributed by atoms with van der Waals surface area (Å²) < 4.78 is 1.84. The highest BCUT2D eigenvalue weighted by atomic mass is 16.3. The van der Waals surface area contributed by atoms with E-state index in [1.165, 1.54) is 16.5 Å². The van der Waals surface area contributed by atoms with Gasteiger partial charge in [0.05, 0.1) is 13.2 Å². The molecule has 6 nitrogen and oxygen atoms in total. The summed E-state index contributed by atoms with van der Waals surface area (Å²) in [6, 6.07) is 23.2. The predicted molar refractivity (Wildman–Crippen MR) is 141 cm³/mol. The lowest BCUT2D eigenvalue weighted by Crippen LogP contribution is -2.36. The molecule has 36 heavy (non-hydrogen) atoms. The maximum absolute atomic E-state index is 13.4. The third-order valence-electron chi connectivity index (χ3n) is 7.71. The molecule has 0 bridgehead atoms. The second kappa shape index (κ2) is 9.88. The van der Waals surface area contributed by atoms with Gasteiger partial charge in [-0.25, -0.2) is 0 Å². The standard InChI is InChI=1S/C30H32N4O2/c35-15-14-34-28-12-13-33(19-21-16-23-7-1-2-8-24(23)17-21)20-27(28)29(32-34)30(36)31-18-25-10-5-9-22-6-3-4-11-26(22)25/h1-11,21,35H,12-20H2,(H,31,36). The molecule has 1 amide bonds. The summed E-state index contributed by atoms with van der Waals surface area (Å²) in [6.07, 6.45) is 3.10. The zero-order valence-electron chi connectivity index (χ0n) is 20.5. The van der Waals surface area contributed by atoms with Crippen LogP contribution in [0.25, 0.3) is 10.8 Å². The van der Waals surface area contributed by atoms with Crippen LogP contribution in [-0.4, -0.2) is 45.4 Å². The topological polar surface area (TPSA) is 70.4 Å². The first-order valence-electron chi connectivity index (χ1n) is 12.9. The van der Waals surface area contributed by atoms with E-state index in [0.29, 0.717) is 24.7 Å². The first kappa shape index (κ1) is 23.0. The van der Waals surface area contributed by atoms with Gasteiger partial charge in [0.2, 0.25) is 0 Å². The zero-order valence-corrected chi connectivity index (χ0v) is 20.5. The van der Waals surface area contributed by atoms with Gasteiger partial charge in [-0.15, -0.1) is 0 Å². The van der Waals surface area contributed by atoms with E-state index in [2.05, 4.69) is 63.8 Å². The fourth-order valence-electron chi connectivity index (χ4n) is 6.01. The monoisotopic (exact) mass is 480 g/mol. The number of aliphatic hydroxyl groups excluding tert-OH is 1. The number of aliphatic hydroxyl groups is 1. The molecule has 6 heteroatoms. The molecule has 0 radical (unpaired) electrons. The number of carbonyl (C=O) groups is 1. The minimum atomic E-state index is -0.147. The predicted octanol–water partition coefficient (Wildman–Crippen LogP) is 3.73. The van der Waals surface area contributed by atoms with Crippen LogP contribution >= 0.6 is 0 Å². The molecule has 0 unspecified atom stereocenters. The molecule has 2 N–H and O–H groups in total. The van der Waals surface area contributed by atoms with Crippen LogP contribution in [0.5, 0.6) is 0 Å². The highest BCUT2D eigenvalue weighted by molar-refractivity contribution is 5.94. The fraction of sp³-hybridized carbons (Fsp3) is 0.333. The average Bonchev–Trinajstić information content (AvgIpc) is 3.48. The van der Waals surface area contributed by atoms with Gasteiger partial charge in [0.15, 0.2) is 5.69 Å². The van der Waals surface area contributed by atoms with Gasteiger partial charge < -0.3 is 10.4 Å². The number of benzene rings is 3. The zero-order chi connectivity index (χ0) is 24.5. The molecule has 184 valence electrons. The second-order valence-electron chi connectivity index (χ2n) is 10.1. The molecule has 1 aromatic heterocycles. The maximum Gasteiger partial charge on any atom is 0.272 e. The molecule has 6 rings (SSSR count). The molecule has 0 saturated carbocycles. The quantitative estimate of drug-likeness (QED) is 0.423. The van der Waals surface area contributed by atoms with Gasteiger partial charge in [-0.1, -0.05) is 66.7 Å². The lowest BCUT2D eigenvalue weighted by atomic mass is 10.0. The Balaban J connectivity index is 1.19. The summed E-state index contributed by atoms with van der Waals surface area (Å²) >= 11 is 0. The summed E-state index contributed by atoms with van der Waals surface area (Å²) in [5, 5.41) is 19.7. The first-order chi connectivity index (χ1) is 17.7. The van der Waals surface area contributed by atoms with E-state index in [4.69, 9.17) is 0 Å². The van der Waals surface area contributed by atoms with Crippen LogP contribution in [0, 0.1) is 5.92 Å². The Morgan fingerprint density at radius 2 is 1.75 bits per heavy atom. The second-order valence-corrected chi connectivity index (χ2v) is 10.1. The number of rotatable bonds is 7. The van der Waals surface area contributed by atoms with Gasteiger partial charge in [-0.2, -0.15) is 5.10 Å². The van der Waals surface area contributed by atoms with Crippen molar-refractivity contribution in [2.24, 2.45) is 5.92 Å². The number of hydrogen-bond donors (Lipinski definition) is 2. The van der Waals surface area contributed by atoms with E-state index in [9.17, 15) is 9.90 Å². The average molecular weight is 481 g/mol. The van der Waals surface area contributed by atoms with Crippen molar-refractivity contribution in [2.45, 2.75) is 38.9 Å². The van der Waals surface area contributed by atoms with Gasteiger partial charge in [0.25, 0.3) is 5.91 Å². The molecule has 1 aliphatic heterocycles. The molecule has 2 heterocycles. The fourth-order valence-corrected chi connectivity index (χ4v) is 6.01. The minimum Gasteiger partial charge on any atom is -0.394 e. The van der Waals surface area contributed by atoms with E-state index in [1.807, 2.05) is 22.9 Å². The van der Waals surface area contributed by atoms with Crippen molar-refractivity contribution in [3.05, 3.63) is 100 Å². The van der Waals surface area contributed by atoms with E-state index in [1.54, 1.807) is 0 Å². The molecule has 0 spiro atoms. The Hall–Kier alpha value is -3.48. The van der Waals surface area contributed by atoms with Crippen LogP contribution < -0.4 is 5.32 Å². The first-order valence-corrected chi connectivity index (χ1v) is 12.9. The molecule has 4 aromatic rings. The SMILES string of the molecule is O=C(NCc1cccc2ccccc12)c1nn(CCO)c2c1CN(CC1Cc3ccccc3C1)CC2.